The summed E-state index contributed by atoms with van der Waals surface area (Å²) in [5.41, 5.74) is 1.29. The second kappa shape index (κ2) is 18.0. The van der Waals surface area contributed by atoms with Crippen LogP contribution in [-0.2, 0) is 25.7 Å². The average Bonchev–Trinajstić information content (AvgIpc) is 3.79. The van der Waals surface area contributed by atoms with Crippen molar-refractivity contribution >= 4 is 73.6 Å². The second-order valence-corrected chi connectivity index (χ2v) is 18.6. The number of hydrogen-bond acceptors (Lipinski definition) is 11. The Morgan fingerprint density at radius 2 is 1.06 bits per heavy atom. The summed E-state index contributed by atoms with van der Waals surface area (Å²) in [5, 5.41) is 4.45. The van der Waals surface area contributed by atoms with Crippen LogP contribution in [0.5, 0.6) is 17.2 Å². The highest BCUT2D eigenvalue weighted by Crippen LogP contribution is 2.34. The Morgan fingerprint density at radius 1 is 0.594 bits per heavy atom. The Balaban J connectivity index is 0.000000195. The van der Waals surface area contributed by atoms with Crippen molar-refractivity contribution in [2.45, 2.75) is 15.5 Å². The molecule has 330 valence electrons. The highest BCUT2D eigenvalue weighted by atomic mass is 79.9. The van der Waals surface area contributed by atoms with Gasteiger partial charge >= 0.3 is 10.1 Å². The van der Waals surface area contributed by atoms with E-state index in [0.717, 1.165) is 22.7 Å². The third-order valence-electron chi connectivity index (χ3n) is 9.34. The summed E-state index contributed by atoms with van der Waals surface area (Å²) in [5.74, 6) is -13.5. The van der Waals surface area contributed by atoms with Crippen LogP contribution in [-0.4, -0.2) is 45.3 Å². The first-order valence-corrected chi connectivity index (χ1v) is 22.6. The maximum atomic E-state index is 13.9. The molecule has 0 aliphatic rings. The van der Waals surface area contributed by atoms with Gasteiger partial charge in [0.15, 0.2) is 9.84 Å². The molecule has 0 spiro atoms. The lowest BCUT2D eigenvalue weighted by Gasteiger charge is -2.15. The highest BCUT2D eigenvalue weighted by molar-refractivity contribution is 9.10. The van der Waals surface area contributed by atoms with Crippen LogP contribution in [0.2, 0.25) is 0 Å². The van der Waals surface area contributed by atoms with E-state index in [4.69, 9.17) is 14.0 Å². The largest absolute Gasteiger partial charge is 0.495 e. The fourth-order valence-corrected chi connectivity index (χ4v) is 9.31. The lowest BCUT2D eigenvalue weighted by atomic mass is 10.2. The third-order valence-corrected chi connectivity index (χ3v) is 13.2. The van der Waals surface area contributed by atoms with E-state index in [-0.39, 0.29) is 27.1 Å². The number of nitrogens with zero attached hydrogens (tertiary/aromatic N) is 3. The first-order valence-electron chi connectivity index (χ1n) is 17.9. The molecule has 0 aliphatic carbocycles. The molecule has 0 amide bonds. The molecule has 22 heteroatoms. The summed E-state index contributed by atoms with van der Waals surface area (Å²) in [6.07, 6.45) is 1.33. The zero-order chi connectivity index (χ0) is 46.2. The van der Waals surface area contributed by atoms with E-state index in [9.17, 15) is 48.4 Å². The molecule has 8 rings (SSSR count). The topological polar surface area (TPSA) is 166 Å². The summed E-state index contributed by atoms with van der Waals surface area (Å²) < 4.78 is 143. The second-order valence-electron chi connectivity index (χ2n) is 13.3. The third kappa shape index (κ3) is 8.90. The van der Waals surface area contributed by atoms with Crippen LogP contribution in [0.1, 0.15) is 5.69 Å². The van der Waals surface area contributed by atoms with Gasteiger partial charge in [0.05, 0.1) is 47.2 Å². The van der Waals surface area contributed by atoms with Gasteiger partial charge < -0.3 is 18.2 Å². The number of aromatic nitrogens is 3. The van der Waals surface area contributed by atoms with Gasteiger partial charge in [0.2, 0.25) is 34.8 Å². The van der Waals surface area contributed by atoms with Crippen molar-refractivity contribution in [1.82, 2.24) is 14.3 Å². The van der Waals surface area contributed by atoms with Crippen molar-refractivity contribution in [3.63, 3.8) is 0 Å². The smallest absolute Gasteiger partial charge is 0.339 e. The fraction of sp³-hybridized carbons (Fsp3) is 0.0714. The SMILES string of the molecule is COc1cc(Br)ccc1-n1c(=O)ccc2cc(S(=O)(=O)Cc3ccon3)ccc21.COc1cc(Br)ccc1-n1c(=O)ccc2cc(S(=O)(=O)Oc3c(F)c(F)c(F)c(F)c3F)ccc21. The standard InChI is InChI=1S/C22H11BrF5NO5S.C20H15BrN2O5S/c1-33-15-9-11(23)3-5-14(15)29-13-6-4-12(8-10(13)2-7-16(29)30)35(31,32)34-22-20(27)18(25)17(24)19(26)21(22)28;1-27-19-11-14(21)3-5-18(19)23-17-6-4-16(10-13(17)2-7-20(23)24)29(25,26)12-15-8-9-28-22-15/h2-9H,1H3;2-11H,12H2,1H3. The molecule has 8 aromatic rings. The van der Waals surface area contributed by atoms with Gasteiger partial charge in [-0.25, -0.2) is 21.6 Å². The maximum absolute atomic E-state index is 13.9. The number of rotatable bonds is 10. The van der Waals surface area contributed by atoms with Crippen molar-refractivity contribution < 1.29 is 57.0 Å². The Morgan fingerprint density at radius 3 is 1.53 bits per heavy atom. The average molecular weight is 1050 g/mol. The summed E-state index contributed by atoms with van der Waals surface area (Å²) in [6.45, 7) is 0. The molecule has 0 fully saturated rings. The van der Waals surface area contributed by atoms with Gasteiger partial charge in [-0.15, -0.1) is 0 Å². The minimum Gasteiger partial charge on any atom is -0.495 e. The molecule has 0 saturated carbocycles. The van der Waals surface area contributed by atoms with Gasteiger partial charge in [-0.1, -0.05) is 37.0 Å². The molecule has 0 saturated heterocycles. The molecular formula is C42H26Br2F5N3O10S2. The molecular weight excluding hydrogens is 1030 g/mol. The van der Waals surface area contributed by atoms with Gasteiger partial charge in [0.1, 0.15) is 28.4 Å². The number of methoxy groups -OCH3 is 2. The van der Waals surface area contributed by atoms with Crippen LogP contribution in [0.3, 0.4) is 0 Å². The Hall–Kier alpha value is -6.36. The molecule has 0 atom stereocenters. The first-order chi connectivity index (χ1) is 30.3. The van der Waals surface area contributed by atoms with E-state index < -0.39 is 65.2 Å². The van der Waals surface area contributed by atoms with Crippen LogP contribution >= 0.6 is 31.9 Å². The van der Waals surface area contributed by atoms with E-state index >= 15 is 0 Å². The minimum atomic E-state index is -5.06. The van der Waals surface area contributed by atoms with Crippen LogP contribution in [0.15, 0.2) is 142 Å². The van der Waals surface area contributed by atoms with Crippen molar-refractivity contribution in [1.29, 1.82) is 0 Å². The number of ether oxygens (including phenoxy) is 2. The van der Waals surface area contributed by atoms with E-state index in [1.54, 1.807) is 54.6 Å². The minimum absolute atomic E-state index is 0.140. The van der Waals surface area contributed by atoms with Crippen LogP contribution in [0.25, 0.3) is 33.2 Å². The van der Waals surface area contributed by atoms with Gasteiger partial charge in [-0.3, -0.25) is 18.7 Å². The van der Waals surface area contributed by atoms with Crippen molar-refractivity contribution in [2.75, 3.05) is 14.2 Å². The Kier molecular flexibility index (Phi) is 12.9. The van der Waals surface area contributed by atoms with E-state index in [0.29, 0.717) is 43.9 Å². The summed E-state index contributed by atoms with van der Waals surface area (Å²) in [6, 6.07) is 25.0. The number of pyridine rings is 2. The van der Waals surface area contributed by atoms with Crippen LogP contribution in [0.4, 0.5) is 22.0 Å². The van der Waals surface area contributed by atoms with E-state index in [1.165, 1.54) is 59.9 Å². The quantitative estimate of drug-likeness (QED) is 0.0556. The molecule has 13 nitrogen and oxygen atoms in total. The zero-order valence-corrected chi connectivity index (χ0v) is 37.3. The van der Waals surface area contributed by atoms with Crippen molar-refractivity contribution in [3.05, 3.63) is 174 Å². The van der Waals surface area contributed by atoms with Crippen LogP contribution in [0, 0.1) is 29.1 Å². The summed E-state index contributed by atoms with van der Waals surface area (Å²) >= 11 is 6.68. The molecule has 0 unspecified atom stereocenters. The monoisotopic (exact) mass is 1050 g/mol. The van der Waals surface area contributed by atoms with Gasteiger partial charge in [0, 0.05) is 37.9 Å². The Labute approximate surface area is 375 Å². The summed E-state index contributed by atoms with van der Waals surface area (Å²) in [7, 11) is -5.76. The molecule has 64 heavy (non-hydrogen) atoms. The number of halogens is 7. The fourth-order valence-electron chi connectivity index (χ4n) is 6.37. The molecule has 5 aromatic carbocycles. The van der Waals surface area contributed by atoms with E-state index in [2.05, 4.69) is 41.2 Å². The molecule has 0 bridgehead atoms. The predicted molar refractivity (Wildman–Crippen MR) is 229 cm³/mol. The zero-order valence-electron chi connectivity index (χ0n) is 32.5. The van der Waals surface area contributed by atoms with Crippen molar-refractivity contribution in [3.8, 4) is 28.6 Å². The summed E-state index contributed by atoms with van der Waals surface area (Å²) in [4.78, 5) is 24.8. The molecule has 0 N–H and O–H groups in total. The first kappa shape index (κ1) is 45.7. The van der Waals surface area contributed by atoms with Gasteiger partial charge in [-0.2, -0.15) is 17.2 Å². The lowest BCUT2D eigenvalue weighted by molar-refractivity contribution is 0.346. The highest BCUT2D eigenvalue weighted by Gasteiger charge is 2.31. The number of fused-ring (bicyclic) bond motifs is 2. The van der Waals surface area contributed by atoms with Gasteiger partial charge in [-0.05, 0) is 84.9 Å². The molecule has 3 heterocycles. The molecule has 0 radical (unpaired) electrons. The van der Waals surface area contributed by atoms with E-state index in [1.807, 2.05) is 0 Å². The number of benzene rings is 5. The number of hydrogen-bond donors (Lipinski definition) is 0. The Bertz CT molecular complexity index is 3470. The van der Waals surface area contributed by atoms with Crippen LogP contribution < -0.4 is 24.8 Å². The maximum Gasteiger partial charge on any atom is 0.339 e. The number of sulfone groups is 1. The van der Waals surface area contributed by atoms with Gasteiger partial charge in [0.25, 0.3) is 11.1 Å². The molecule has 0 aliphatic heterocycles. The normalized spacial score (nSPS) is 11.6. The lowest BCUT2D eigenvalue weighted by Crippen LogP contribution is -2.18. The van der Waals surface area contributed by atoms with Crippen molar-refractivity contribution in [2.24, 2.45) is 0 Å². The molecule has 3 aromatic heterocycles. The predicted octanol–water partition coefficient (Wildman–Crippen LogP) is 8.95.